The second-order valence-electron chi connectivity index (χ2n) is 4.99. The highest BCUT2D eigenvalue weighted by Crippen LogP contribution is 2.24. The van der Waals surface area contributed by atoms with E-state index in [1.54, 1.807) is 28.4 Å². The second-order valence-corrected chi connectivity index (χ2v) is 4.99. The first kappa shape index (κ1) is 23.7. The van der Waals surface area contributed by atoms with Crippen LogP contribution in [0.2, 0.25) is 0 Å². The van der Waals surface area contributed by atoms with Gasteiger partial charge in [-0.25, -0.2) is 0 Å². The van der Waals surface area contributed by atoms with E-state index in [9.17, 15) is 0 Å². The molecule has 0 bridgehead atoms. The van der Waals surface area contributed by atoms with Gasteiger partial charge in [0, 0.05) is 45.5 Å². The lowest BCUT2D eigenvalue weighted by molar-refractivity contribution is 0.0698. The molecule has 1 aromatic rings. The number of ether oxygens (including phenoxy) is 4. The first-order valence-electron chi connectivity index (χ1n) is 7.97. The Balaban J connectivity index is 0.00000576. The molecule has 0 fully saturated rings. The number of hydrogen-bond acceptors (Lipinski definition) is 5. The van der Waals surface area contributed by atoms with Crippen molar-refractivity contribution in [3.63, 3.8) is 0 Å². The molecule has 0 saturated carbocycles. The zero-order chi connectivity index (χ0) is 17.6. The van der Waals surface area contributed by atoms with Gasteiger partial charge < -0.3 is 29.6 Å². The molecule has 25 heavy (non-hydrogen) atoms. The van der Waals surface area contributed by atoms with Crippen LogP contribution in [0.3, 0.4) is 0 Å². The van der Waals surface area contributed by atoms with E-state index < -0.39 is 0 Å². The Morgan fingerprint density at radius 1 is 1.04 bits per heavy atom. The molecule has 8 heteroatoms. The van der Waals surface area contributed by atoms with Crippen molar-refractivity contribution < 1.29 is 18.9 Å². The fourth-order valence-electron chi connectivity index (χ4n) is 2.02. The number of hydrogen-bond donors (Lipinski definition) is 2. The number of nitrogens with zero attached hydrogens (tertiary/aromatic N) is 1. The Kier molecular flexibility index (Phi) is 14.3. The van der Waals surface area contributed by atoms with Crippen LogP contribution in [0.5, 0.6) is 11.5 Å². The fourth-order valence-corrected chi connectivity index (χ4v) is 2.02. The van der Waals surface area contributed by atoms with Gasteiger partial charge in [-0.3, -0.25) is 4.99 Å². The van der Waals surface area contributed by atoms with E-state index >= 15 is 0 Å². The highest BCUT2D eigenvalue weighted by molar-refractivity contribution is 14.0. The van der Waals surface area contributed by atoms with E-state index in [0.717, 1.165) is 36.0 Å². The van der Waals surface area contributed by atoms with Crippen molar-refractivity contribution >= 4 is 29.9 Å². The standard InChI is InChI=1S/C17H29N3O4.HI/c1-18-17(19-8-5-9-24-11-10-21-2)20-13-14-6-7-15(22-3)12-16(14)23-4;/h6-7,12H,5,8-11,13H2,1-4H3,(H2,18,19,20);1H. The molecule has 0 aliphatic carbocycles. The summed E-state index contributed by atoms with van der Waals surface area (Å²) in [5.41, 5.74) is 1.03. The molecule has 1 rings (SSSR count). The van der Waals surface area contributed by atoms with E-state index in [4.69, 9.17) is 18.9 Å². The second kappa shape index (κ2) is 15.0. The molecule has 144 valence electrons. The normalized spacial score (nSPS) is 10.8. The van der Waals surface area contributed by atoms with Gasteiger partial charge in [-0.15, -0.1) is 24.0 Å². The van der Waals surface area contributed by atoms with Crippen molar-refractivity contribution in [3.8, 4) is 11.5 Å². The summed E-state index contributed by atoms with van der Waals surface area (Å²) in [5.74, 6) is 2.29. The summed E-state index contributed by atoms with van der Waals surface area (Å²) in [7, 11) is 6.69. The monoisotopic (exact) mass is 467 g/mol. The molecular weight excluding hydrogens is 437 g/mol. The molecule has 2 N–H and O–H groups in total. The predicted molar refractivity (Wildman–Crippen MR) is 110 cm³/mol. The van der Waals surface area contributed by atoms with Crippen molar-refractivity contribution in [2.45, 2.75) is 13.0 Å². The first-order valence-corrected chi connectivity index (χ1v) is 7.97. The van der Waals surface area contributed by atoms with Crippen LogP contribution < -0.4 is 20.1 Å². The van der Waals surface area contributed by atoms with Crippen LogP contribution >= 0.6 is 24.0 Å². The average Bonchev–Trinajstić information content (AvgIpc) is 2.63. The van der Waals surface area contributed by atoms with Gasteiger partial charge in [-0.05, 0) is 18.6 Å². The molecule has 0 aliphatic heterocycles. The van der Waals surface area contributed by atoms with E-state index in [0.29, 0.717) is 26.4 Å². The van der Waals surface area contributed by atoms with Gasteiger partial charge in [0.25, 0.3) is 0 Å². The van der Waals surface area contributed by atoms with Crippen LogP contribution in [0.4, 0.5) is 0 Å². The van der Waals surface area contributed by atoms with Gasteiger partial charge in [-0.1, -0.05) is 0 Å². The number of aliphatic imine (C=N–C) groups is 1. The van der Waals surface area contributed by atoms with Crippen molar-refractivity contribution in [3.05, 3.63) is 23.8 Å². The lowest BCUT2D eigenvalue weighted by Crippen LogP contribution is -2.37. The van der Waals surface area contributed by atoms with Crippen LogP contribution in [-0.4, -0.2) is 60.7 Å². The molecular formula is C17H30IN3O4. The van der Waals surface area contributed by atoms with Crippen LogP contribution in [0.25, 0.3) is 0 Å². The minimum atomic E-state index is 0. The zero-order valence-electron chi connectivity index (χ0n) is 15.5. The molecule has 0 atom stereocenters. The van der Waals surface area contributed by atoms with Crippen molar-refractivity contribution in [1.82, 2.24) is 10.6 Å². The lowest BCUT2D eigenvalue weighted by Gasteiger charge is -2.14. The Hall–Kier alpha value is -1.26. The molecule has 0 aromatic heterocycles. The van der Waals surface area contributed by atoms with Gasteiger partial charge in [0.15, 0.2) is 5.96 Å². The summed E-state index contributed by atoms with van der Waals surface area (Å²) >= 11 is 0. The number of methoxy groups -OCH3 is 3. The molecule has 1 aromatic carbocycles. The SMILES string of the molecule is CN=C(NCCCOCCOC)NCc1ccc(OC)cc1OC.I. The van der Waals surface area contributed by atoms with Gasteiger partial charge >= 0.3 is 0 Å². The molecule has 0 saturated heterocycles. The predicted octanol–water partition coefficient (Wildman–Crippen LogP) is 2.04. The Bertz CT molecular complexity index is 501. The molecule has 7 nitrogen and oxygen atoms in total. The lowest BCUT2D eigenvalue weighted by atomic mass is 10.2. The van der Waals surface area contributed by atoms with E-state index in [-0.39, 0.29) is 24.0 Å². The number of guanidine groups is 1. The third-order valence-electron chi connectivity index (χ3n) is 3.35. The summed E-state index contributed by atoms with van der Waals surface area (Å²) in [5, 5.41) is 6.52. The first-order chi connectivity index (χ1) is 11.7. The smallest absolute Gasteiger partial charge is 0.191 e. The largest absolute Gasteiger partial charge is 0.497 e. The summed E-state index contributed by atoms with van der Waals surface area (Å²) in [6, 6.07) is 5.75. The Morgan fingerprint density at radius 3 is 2.48 bits per heavy atom. The highest BCUT2D eigenvalue weighted by atomic mass is 127. The van der Waals surface area contributed by atoms with Gasteiger partial charge in [0.05, 0.1) is 27.4 Å². The van der Waals surface area contributed by atoms with Crippen molar-refractivity contribution in [2.24, 2.45) is 4.99 Å². The number of nitrogens with one attached hydrogen (secondary N) is 2. The van der Waals surface area contributed by atoms with Crippen molar-refractivity contribution in [2.75, 3.05) is 54.7 Å². The van der Waals surface area contributed by atoms with E-state index in [1.165, 1.54) is 0 Å². The molecule has 0 spiro atoms. The Labute approximate surface area is 167 Å². The zero-order valence-corrected chi connectivity index (χ0v) is 17.8. The quantitative estimate of drug-likeness (QED) is 0.225. The molecule has 0 heterocycles. The molecule has 0 radical (unpaired) electrons. The fraction of sp³-hybridized carbons (Fsp3) is 0.588. The number of benzene rings is 1. The number of rotatable bonds is 11. The average molecular weight is 467 g/mol. The summed E-state index contributed by atoms with van der Waals surface area (Å²) in [6.07, 6.45) is 0.899. The van der Waals surface area contributed by atoms with Gasteiger partial charge in [-0.2, -0.15) is 0 Å². The Morgan fingerprint density at radius 2 is 1.84 bits per heavy atom. The maximum Gasteiger partial charge on any atom is 0.191 e. The van der Waals surface area contributed by atoms with Crippen LogP contribution in [0.15, 0.2) is 23.2 Å². The number of halogens is 1. The van der Waals surface area contributed by atoms with Crippen LogP contribution in [0.1, 0.15) is 12.0 Å². The minimum absolute atomic E-state index is 0. The summed E-state index contributed by atoms with van der Waals surface area (Å²) in [4.78, 5) is 4.21. The maximum absolute atomic E-state index is 5.42. The van der Waals surface area contributed by atoms with E-state index in [1.807, 2.05) is 18.2 Å². The third-order valence-corrected chi connectivity index (χ3v) is 3.35. The van der Waals surface area contributed by atoms with Crippen LogP contribution in [-0.2, 0) is 16.0 Å². The molecule has 0 amide bonds. The maximum atomic E-state index is 5.42. The van der Waals surface area contributed by atoms with Gasteiger partial charge in [0.2, 0.25) is 0 Å². The van der Waals surface area contributed by atoms with Crippen LogP contribution in [0, 0.1) is 0 Å². The molecule has 0 aliphatic rings. The van der Waals surface area contributed by atoms with Crippen molar-refractivity contribution in [1.29, 1.82) is 0 Å². The molecule has 0 unspecified atom stereocenters. The van der Waals surface area contributed by atoms with Gasteiger partial charge in [0.1, 0.15) is 11.5 Å². The highest BCUT2D eigenvalue weighted by Gasteiger charge is 2.06. The summed E-state index contributed by atoms with van der Waals surface area (Å²) in [6.45, 7) is 3.34. The van der Waals surface area contributed by atoms with E-state index in [2.05, 4.69) is 15.6 Å². The minimum Gasteiger partial charge on any atom is -0.497 e. The topological polar surface area (TPSA) is 73.3 Å². The third kappa shape index (κ3) is 9.71. The summed E-state index contributed by atoms with van der Waals surface area (Å²) < 4.78 is 20.9.